The second-order valence-corrected chi connectivity index (χ2v) is 5.82. The Morgan fingerprint density at radius 3 is 2.88 bits per heavy atom. The quantitative estimate of drug-likeness (QED) is 0.775. The monoisotopic (exact) mass is 338 g/mol. The van der Waals surface area contributed by atoms with Gasteiger partial charge in [-0.2, -0.15) is 10.4 Å². The van der Waals surface area contributed by atoms with Gasteiger partial charge >= 0.3 is 0 Å². The topological polar surface area (TPSA) is 79.9 Å². The molecule has 2 aromatic heterocycles. The Morgan fingerprint density at radius 1 is 1.38 bits per heavy atom. The smallest absolute Gasteiger partial charge is 0.266 e. The zero-order valence-corrected chi connectivity index (χ0v) is 13.7. The van der Waals surface area contributed by atoms with E-state index in [9.17, 15) is 10.1 Å². The normalized spacial score (nSPS) is 11.5. The van der Waals surface area contributed by atoms with Gasteiger partial charge in [0.25, 0.3) is 5.91 Å². The highest BCUT2D eigenvalue weighted by atomic mass is 32.1. The summed E-state index contributed by atoms with van der Waals surface area (Å²) >= 11 is 1.26. The van der Waals surface area contributed by atoms with Crippen LogP contribution in [0, 0.1) is 11.3 Å². The number of ether oxygens (including phenoxy) is 1. The third kappa shape index (κ3) is 3.14. The Balaban J connectivity index is 1.79. The molecule has 1 amide bonds. The summed E-state index contributed by atoms with van der Waals surface area (Å²) in [5.74, 6) is 0.148. The molecule has 0 aliphatic rings. The van der Waals surface area contributed by atoms with E-state index in [4.69, 9.17) is 4.74 Å². The predicted octanol–water partition coefficient (Wildman–Crippen LogP) is 2.94. The maximum atomic E-state index is 12.3. The van der Waals surface area contributed by atoms with E-state index in [0.29, 0.717) is 16.2 Å². The predicted molar refractivity (Wildman–Crippen MR) is 90.3 cm³/mol. The van der Waals surface area contributed by atoms with E-state index >= 15 is 0 Å². The standard InChI is InChI=1S/C17H14N4O2S/c1-23-15-7-8-24-16(15)17(22)20-14(9-18)12-10-19-21(11-12)13-5-3-2-4-6-13/h2-8,10-11,14H,1H3,(H,20,22)/t14-/m1/s1. The molecule has 24 heavy (non-hydrogen) atoms. The molecule has 6 nitrogen and oxygen atoms in total. The van der Waals surface area contributed by atoms with Gasteiger partial charge in [0.2, 0.25) is 0 Å². The number of nitriles is 1. The second-order valence-electron chi connectivity index (χ2n) is 4.91. The van der Waals surface area contributed by atoms with Gasteiger partial charge in [0.1, 0.15) is 16.7 Å². The molecule has 0 spiro atoms. The first-order chi connectivity index (χ1) is 11.7. The Labute approximate surface area is 142 Å². The summed E-state index contributed by atoms with van der Waals surface area (Å²) in [6, 6.07) is 12.6. The highest BCUT2D eigenvalue weighted by Crippen LogP contribution is 2.25. The number of carbonyl (C=O) groups is 1. The fourth-order valence-electron chi connectivity index (χ4n) is 2.22. The third-order valence-electron chi connectivity index (χ3n) is 3.42. The van der Waals surface area contributed by atoms with Crippen molar-refractivity contribution < 1.29 is 9.53 Å². The van der Waals surface area contributed by atoms with Gasteiger partial charge in [0, 0.05) is 11.8 Å². The highest BCUT2D eigenvalue weighted by molar-refractivity contribution is 7.12. The van der Waals surface area contributed by atoms with E-state index in [1.807, 2.05) is 30.3 Å². The number of amides is 1. The van der Waals surface area contributed by atoms with Gasteiger partial charge in [-0.25, -0.2) is 4.68 Å². The minimum atomic E-state index is -0.790. The molecule has 0 aliphatic heterocycles. The van der Waals surface area contributed by atoms with Crippen LogP contribution in [-0.4, -0.2) is 22.8 Å². The molecule has 1 atom stereocenters. The Kier molecular flexibility index (Phi) is 4.59. The Hall–Kier alpha value is -3.11. The van der Waals surface area contributed by atoms with Gasteiger partial charge in [-0.1, -0.05) is 18.2 Å². The van der Waals surface area contributed by atoms with Crippen LogP contribution in [0.1, 0.15) is 21.3 Å². The summed E-state index contributed by atoms with van der Waals surface area (Å²) < 4.78 is 6.80. The van der Waals surface area contributed by atoms with E-state index < -0.39 is 6.04 Å². The lowest BCUT2D eigenvalue weighted by Crippen LogP contribution is -2.27. The SMILES string of the molecule is COc1ccsc1C(=O)N[C@H](C#N)c1cnn(-c2ccccc2)c1. The molecule has 0 saturated carbocycles. The average Bonchev–Trinajstić information content (AvgIpc) is 3.29. The van der Waals surface area contributed by atoms with Crippen LogP contribution in [0.5, 0.6) is 5.75 Å². The van der Waals surface area contributed by atoms with Crippen LogP contribution in [0.3, 0.4) is 0 Å². The van der Waals surface area contributed by atoms with Crippen molar-refractivity contribution in [2.45, 2.75) is 6.04 Å². The molecule has 1 N–H and O–H groups in total. The number of thiophene rings is 1. The van der Waals surface area contributed by atoms with Crippen molar-refractivity contribution in [1.29, 1.82) is 5.26 Å². The second kappa shape index (κ2) is 6.98. The number of nitrogens with zero attached hydrogens (tertiary/aromatic N) is 3. The van der Waals surface area contributed by atoms with Crippen molar-refractivity contribution in [2.24, 2.45) is 0 Å². The van der Waals surface area contributed by atoms with Crippen molar-refractivity contribution in [3.05, 3.63) is 64.6 Å². The zero-order valence-electron chi connectivity index (χ0n) is 12.8. The van der Waals surface area contributed by atoms with Crippen molar-refractivity contribution in [2.75, 3.05) is 7.11 Å². The molecular weight excluding hydrogens is 324 g/mol. The van der Waals surface area contributed by atoms with E-state index in [0.717, 1.165) is 5.69 Å². The summed E-state index contributed by atoms with van der Waals surface area (Å²) in [5, 5.41) is 18.1. The number of rotatable bonds is 5. The summed E-state index contributed by atoms with van der Waals surface area (Å²) in [7, 11) is 1.50. The van der Waals surface area contributed by atoms with Gasteiger partial charge < -0.3 is 10.1 Å². The minimum absolute atomic E-state index is 0.346. The molecule has 0 saturated heterocycles. The molecule has 3 rings (SSSR count). The summed E-state index contributed by atoms with van der Waals surface area (Å²) in [6.45, 7) is 0. The minimum Gasteiger partial charge on any atom is -0.495 e. The third-order valence-corrected chi connectivity index (χ3v) is 4.31. The lowest BCUT2D eigenvalue weighted by molar-refractivity contribution is 0.0946. The summed E-state index contributed by atoms with van der Waals surface area (Å²) in [4.78, 5) is 12.8. The van der Waals surface area contributed by atoms with E-state index in [-0.39, 0.29) is 5.91 Å². The first-order valence-electron chi connectivity index (χ1n) is 7.15. The van der Waals surface area contributed by atoms with Crippen molar-refractivity contribution in [1.82, 2.24) is 15.1 Å². The van der Waals surface area contributed by atoms with E-state index in [1.165, 1.54) is 18.4 Å². The lowest BCUT2D eigenvalue weighted by Gasteiger charge is -2.09. The number of carbonyl (C=O) groups excluding carboxylic acids is 1. The molecule has 0 aliphatic carbocycles. The molecule has 2 heterocycles. The lowest BCUT2D eigenvalue weighted by atomic mass is 10.2. The first kappa shape index (κ1) is 15.8. The number of hydrogen-bond acceptors (Lipinski definition) is 5. The fraction of sp³-hybridized carbons (Fsp3) is 0.118. The summed E-state index contributed by atoms with van der Waals surface area (Å²) in [5.41, 5.74) is 1.50. The van der Waals surface area contributed by atoms with Gasteiger partial charge in [-0.05, 0) is 23.6 Å². The van der Waals surface area contributed by atoms with Gasteiger partial charge in [0.05, 0.1) is 25.1 Å². The number of nitrogens with one attached hydrogen (secondary N) is 1. The van der Waals surface area contributed by atoms with E-state index in [1.54, 1.807) is 28.5 Å². The first-order valence-corrected chi connectivity index (χ1v) is 8.03. The number of methoxy groups -OCH3 is 1. The van der Waals surface area contributed by atoms with Gasteiger partial charge in [-0.3, -0.25) is 4.79 Å². The van der Waals surface area contributed by atoms with Crippen LogP contribution in [0.25, 0.3) is 5.69 Å². The average molecular weight is 338 g/mol. The number of para-hydroxylation sites is 1. The maximum absolute atomic E-state index is 12.3. The van der Waals surface area contributed by atoms with Crippen LogP contribution in [-0.2, 0) is 0 Å². The van der Waals surface area contributed by atoms with Gasteiger partial charge in [0.15, 0.2) is 0 Å². The largest absolute Gasteiger partial charge is 0.495 e. The molecule has 1 aromatic carbocycles. The molecule has 7 heteroatoms. The maximum Gasteiger partial charge on any atom is 0.266 e. The Morgan fingerprint density at radius 2 is 2.17 bits per heavy atom. The molecule has 120 valence electrons. The number of hydrogen-bond donors (Lipinski definition) is 1. The molecule has 3 aromatic rings. The summed E-state index contributed by atoms with van der Waals surface area (Å²) in [6.07, 6.45) is 3.31. The number of aromatic nitrogens is 2. The van der Waals surface area contributed by atoms with Crippen molar-refractivity contribution >= 4 is 17.2 Å². The van der Waals surface area contributed by atoms with Crippen LogP contribution in [0.2, 0.25) is 0 Å². The number of benzene rings is 1. The van der Waals surface area contributed by atoms with E-state index in [2.05, 4.69) is 16.5 Å². The van der Waals surface area contributed by atoms with Crippen molar-refractivity contribution in [3.63, 3.8) is 0 Å². The fourth-order valence-corrected chi connectivity index (χ4v) is 2.98. The van der Waals surface area contributed by atoms with Gasteiger partial charge in [-0.15, -0.1) is 11.3 Å². The van der Waals surface area contributed by atoms with Crippen LogP contribution in [0.15, 0.2) is 54.2 Å². The highest BCUT2D eigenvalue weighted by Gasteiger charge is 2.20. The van der Waals surface area contributed by atoms with Crippen LogP contribution >= 0.6 is 11.3 Å². The van der Waals surface area contributed by atoms with Crippen LogP contribution < -0.4 is 10.1 Å². The molecular formula is C17H14N4O2S. The molecule has 0 unspecified atom stereocenters. The Bertz CT molecular complexity index is 879. The molecule has 0 radical (unpaired) electrons. The van der Waals surface area contributed by atoms with Crippen LogP contribution in [0.4, 0.5) is 0 Å². The zero-order chi connectivity index (χ0) is 16.9. The molecule has 0 bridgehead atoms. The molecule has 0 fully saturated rings. The van der Waals surface area contributed by atoms with Crippen molar-refractivity contribution in [3.8, 4) is 17.5 Å².